The van der Waals surface area contributed by atoms with Crippen LogP contribution in [0.2, 0.25) is 0 Å². The molecule has 0 spiro atoms. The van der Waals surface area contributed by atoms with Crippen LogP contribution in [0.5, 0.6) is 0 Å². The van der Waals surface area contributed by atoms with Gasteiger partial charge in [0.05, 0.1) is 0 Å². The predicted octanol–water partition coefficient (Wildman–Crippen LogP) is 8.01. The van der Waals surface area contributed by atoms with Gasteiger partial charge in [0, 0.05) is 0 Å². The monoisotopic (exact) mass is 296 g/mol. The van der Waals surface area contributed by atoms with Gasteiger partial charge in [0.1, 0.15) is 0 Å². The lowest BCUT2D eigenvalue weighted by Gasteiger charge is -2.17. The Labute approximate surface area is 136 Å². The first kappa shape index (κ1) is 21.0. The fourth-order valence-electron chi connectivity index (χ4n) is 3.34. The zero-order valence-corrected chi connectivity index (χ0v) is 15.9. The number of rotatable bonds is 15. The molecule has 0 heteroatoms. The third kappa shape index (κ3) is 13.4. The molecule has 0 saturated carbocycles. The smallest absolute Gasteiger partial charge is 0.0417 e. The van der Waals surface area contributed by atoms with E-state index >= 15 is 0 Å². The molecule has 0 saturated heterocycles. The van der Waals surface area contributed by atoms with E-state index < -0.39 is 0 Å². The van der Waals surface area contributed by atoms with Gasteiger partial charge in [-0.2, -0.15) is 0 Å². The zero-order chi connectivity index (χ0) is 15.9. The molecule has 0 radical (unpaired) electrons. The second-order valence-electron chi connectivity index (χ2n) is 7.66. The molecule has 0 nitrogen and oxygen atoms in total. The van der Waals surface area contributed by atoms with E-state index in [9.17, 15) is 0 Å². The minimum absolute atomic E-state index is 0.917. The molecular weight excluding hydrogens is 252 g/mol. The van der Waals surface area contributed by atoms with Crippen LogP contribution in [-0.4, -0.2) is 0 Å². The van der Waals surface area contributed by atoms with Gasteiger partial charge in [-0.3, -0.25) is 0 Å². The van der Waals surface area contributed by atoms with Gasteiger partial charge in [0.2, 0.25) is 0 Å². The van der Waals surface area contributed by atoms with E-state index in [4.69, 9.17) is 0 Å². The minimum Gasteiger partial charge on any atom is -0.0654 e. The molecule has 0 amide bonds. The third-order valence-electron chi connectivity index (χ3n) is 5.50. The van der Waals surface area contributed by atoms with Crippen LogP contribution in [0, 0.1) is 17.8 Å². The van der Waals surface area contributed by atoms with E-state index in [1.54, 1.807) is 0 Å². The molecule has 21 heavy (non-hydrogen) atoms. The molecule has 0 fully saturated rings. The first-order valence-corrected chi connectivity index (χ1v) is 10.1. The van der Waals surface area contributed by atoms with Crippen LogP contribution >= 0.6 is 0 Å². The fraction of sp³-hybridized carbons (Fsp3) is 1.00. The highest BCUT2D eigenvalue weighted by Crippen LogP contribution is 2.21. The Morgan fingerprint density at radius 1 is 0.524 bits per heavy atom. The molecule has 3 atom stereocenters. The predicted molar refractivity (Wildman–Crippen MR) is 98.9 cm³/mol. The lowest BCUT2D eigenvalue weighted by atomic mass is 9.89. The molecule has 3 unspecified atom stereocenters. The van der Waals surface area contributed by atoms with Crippen LogP contribution in [-0.2, 0) is 0 Å². The molecule has 0 aliphatic carbocycles. The molecule has 0 bridgehead atoms. The van der Waals surface area contributed by atoms with E-state index in [1.807, 2.05) is 0 Å². The third-order valence-corrected chi connectivity index (χ3v) is 5.50. The summed E-state index contributed by atoms with van der Waals surface area (Å²) in [5.74, 6) is 2.81. The first-order valence-electron chi connectivity index (χ1n) is 10.1. The van der Waals surface area contributed by atoms with Crippen molar-refractivity contribution in [3.8, 4) is 0 Å². The van der Waals surface area contributed by atoms with Crippen LogP contribution in [0.15, 0.2) is 0 Å². The van der Waals surface area contributed by atoms with Crippen molar-refractivity contribution in [1.82, 2.24) is 0 Å². The maximum Gasteiger partial charge on any atom is -0.0417 e. The first-order chi connectivity index (χ1) is 10.1. The summed E-state index contributed by atoms with van der Waals surface area (Å²) in [5.41, 5.74) is 0. The van der Waals surface area contributed by atoms with E-state index in [0.29, 0.717) is 0 Å². The van der Waals surface area contributed by atoms with Crippen LogP contribution in [0.3, 0.4) is 0 Å². The van der Waals surface area contributed by atoms with Crippen molar-refractivity contribution in [3.63, 3.8) is 0 Å². The van der Waals surface area contributed by atoms with Crippen LogP contribution in [0.25, 0.3) is 0 Å². The highest BCUT2D eigenvalue weighted by atomic mass is 14.1. The van der Waals surface area contributed by atoms with Crippen molar-refractivity contribution in [2.75, 3.05) is 0 Å². The summed E-state index contributed by atoms with van der Waals surface area (Å²) in [6.07, 6.45) is 18.8. The topological polar surface area (TPSA) is 0 Å². The Morgan fingerprint density at radius 3 is 1.48 bits per heavy atom. The molecule has 128 valence electrons. The summed E-state index contributed by atoms with van der Waals surface area (Å²) < 4.78 is 0. The lowest BCUT2D eigenvalue weighted by molar-refractivity contribution is 0.342. The molecule has 0 aliphatic heterocycles. The van der Waals surface area contributed by atoms with Crippen molar-refractivity contribution in [2.24, 2.45) is 17.8 Å². The summed E-state index contributed by atoms with van der Waals surface area (Å²) in [6, 6.07) is 0. The van der Waals surface area contributed by atoms with Gasteiger partial charge in [-0.1, -0.05) is 118 Å². The zero-order valence-electron chi connectivity index (χ0n) is 15.9. The van der Waals surface area contributed by atoms with E-state index in [-0.39, 0.29) is 0 Å². The van der Waals surface area contributed by atoms with Crippen molar-refractivity contribution >= 4 is 0 Å². The SMILES string of the molecule is CCCC(C)CCCCCCCCCCC(C)C(C)CC. The van der Waals surface area contributed by atoms with Gasteiger partial charge >= 0.3 is 0 Å². The second kappa shape index (κ2) is 14.9. The van der Waals surface area contributed by atoms with Gasteiger partial charge in [-0.25, -0.2) is 0 Å². The van der Waals surface area contributed by atoms with Crippen molar-refractivity contribution in [2.45, 2.75) is 118 Å². The molecule has 0 aromatic rings. The maximum atomic E-state index is 2.44. The normalized spacial score (nSPS) is 15.9. The summed E-state index contributed by atoms with van der Waals surface area (Å²) >= 11 is 0. The maximum absolute atomic E-state index is 2.44. The van der Waals surface area contributed by atoms with Gasteiger partial charge in [0.25, 0.3) is 0 Å². The van der Waals surface area contributed by atoms with Gasteiger partial charge in [-0.05, 0) is 17.8 Å². The summed E-state index contributed by atoms with van der Waals surface area (Å²) in [5, 5.41) is 0. The largest absolute Gasteiger partial charge is 0.0654 e. The molecule has 0 rings (SSSR count). The minimum atomic E-state index is 0.917. The molecular formula is C21H44. The van der Waals surface area contributed by atoms with E-state index in [0.717, 1.165) is 17.8 Å². The van der Waals surface area contributed by atoms with Crippen molar-refractivity contribution in [3.05, 3.63) is 0 Å². The van der Waals surface area contributed by atoms with Crippen molar-refractivity contribution in [1.29, 1.82) is 0 Å². The average molecular weight is 297 g/mol. The highest BCUT2D eigenvalue weighted by Gasteiger charge is 2.09. The van der Waals surface area contributed by atoms with E-state index in [1.165, 1.54) is 83.5 Å². The standard InChI is InChI=1S/C21H44/c1-6-16-19(3)17-14-12-10-8-9-11-13-15-18-21(5)20(4)7-2/h19-21H,6-18H2,1-5H3. The summed E-state index contributed by atoms with van der Waals surface area (Å²) in [6.45, 7) is 11.9. The van der Waals surface area contributed by atoms with Gasteiger partial charge in [-0.15, -0.1) is 0 Å². The molecule has 0 heterocycles. The molecule has 0 aromatic carbocycles. The Bertz CT molecular complexity index is 196. The van der Waals surface area contributed by atoms with Gasteiger partial charge < -0.3 is 0 Å². The molecule has 0 aliphatic rings. The molecule has 0 N–H and O–H groups in total. The van der Waals surface area contributed by atoms with Gasteiger partial charge in [0.15, 0.2) is 0 Å². The Morgan fingerprint density at radius 2 is 1.00 bits per heavy atom. The quantitative estimate of drug-likeness (QED) is 0.268. The summed E-state index contributed by atoms with van der Waals surface area (Å²) in [7, 11) is 0. The lowest BCUT2D eigenvalue weighted by Crippen LogP contribution is -2.06. The number of hydrogen-bond acceptors (Lipinski definition) is 0. The molecule has 0 aromatic heterocycles. The Kier molecular flexibility index (Phi) is 14.9. The summed E-state index contributed by atoms with van der Waals surface area (Å²) in [4.78, 5) is 0. The Hall–Kier alpha value is 0. The highest BCUT2D eigenvalue weighted by molar-refractivity contribution is 4.60. The second-order valence-corrected chi connectivity index (χ2v) is 7.66. The van der Waals surface area contributed by atoms with E-state index in [2.05, 4.69) is 34.6 Å². The Balaban J connectivity index is 3.19. The average Bonchev–Trinajstić information content (AvgIpc) is 2.48. The van der Waals surface area contributed by atoms with Crippen LogP contribution in [0.1, 0.15) is 118 Å². The van der Waals surface area contributed by atoms with Crippen molar-refractivity contribution < 1.29 is 0 Å². The fourth-order valence-corrected chi connectivity index (χ4v) is 3.34. The number of hydrogen-bond donors (Lipinski definition) is 0. The van der Waals surface area contributed by atoms with Crippen LogP contribution in [0.4, 0.5) is 0 Å². The van der Waals surface area contributed by atoms with Crippen LogP contribution < -0.4 is 0 Å². The number of unbranched alkanes of at least 4 members (excludes halogenated alkanes) is 7.